The highest BCUT2D eigenvalue weighted by atomic mass is 32.2. The lowest BCUT2D eigenvalue weighted by molar-refractivity contribution is -0.0910. The number of alkyl halides is 3. The standard InChI is InChI=1S/C36H47F3N8O3S/c1-6-12-42-35(50)44-31-19-26(33(40)51-22-23(2)36(37,38)39)28(20-43-31)25-7-8-30-27(18-25)32(48)29(34(49)41-13-17-45(3)4)21-47(30)16-11-24-9-14-46(5)15-10-24/h7-8,18-22,24,40H,6,9-17H2,1-5H3,(H,41,49)(H2,42,43,44,50)/b23-22+,40-33?. The summed E-state index contributed by atoms with van der Waals surface area (Å²) in [6, 6.07) is 6.09. The van der Waals surface area contributed by atoms with E-state index >= 15 is 0 Å². The number of likely N-dealkylation sites (N-methyl/N-ethyl adjacent to an activating group) is 1. The molecule has 0 saturated carbocycles. The van der Waals surface area contributed by atoms with Crippen LogP contribution in [0.3, 0.4) is 0 Å². The summed E-state index contributed by atoms with van der Waals surface area (Å²) in [4.78, 5) is 48.3. The largest absolute Gasteiger partial charge is 0.412 e. The third-order valence-corrected chi connectivity index (χ3v) is 9.75. The summed E-state index contributed by atoms with van der Waals surface area (Å²) in [5.74, 6) is 0.125. The van der Waals surface area contributed by atoms with E-state index in [0.29, 0.717) is 66.9 Å². The quantitative estimate of drug-likeness (QED) is 0.123. The molecule has 1 aromatic carbocycles. The van der Waals surface area contributed by atoms with Crippen LogP contribution in [0.1, 0.15) is 55.5 Å². The van der Waals surface area contributed by atoms with E-state index in [-0.39, 0.29) is 27.4 Å². The molecule has 3 amide bonds. The number of likely N-dealkylation sites (tertiary alicyclic amines) is 1. The molecule has 1 aliphatic rings. The molecule has 0 spiro atoms. The number of nitrogens with one attached hydrogen (secondary N) is 4. The number of benzene rings is 1. The number of aromatic nitrogens is 2. The molecule has 3 aromatic rings. The van der Waals surface area contributed by atoms with Crippen LogP contribution in [-0.4, -0.2) is 96.4 Å². The second kappa shape index (κ2) is 17.8. The number of rotatable bonds is 13. The maximum absolute atomic E-state index is 14.0. The Morgan fingerprint density at radius 3 is 2.51 bits per heavy atom. The van der Waals surface area contributed by atoms with Crippen molar-refractivity contribution in [2.75, 3.05) is 59.2 Å². The Morgan fingerprint density at radius 2 is 1.84 bits per heavy atom. The van der Waals surface area contributed by atoms with Gasteiger partial charge in [0.2, 0.25) is 5.43 Å². The number of urea groups is 1. The molecule has 1 fully saturated rings. The highest BCUT2D eigenvalue weighted by Gasteiger charge is 2.30. The van der Waals surface area contributed by atoms with Crippen molar-refractivity contribution in [1.29, 1.82) is 5.41 Å². The van der Waals surface area contributed by atoms with Gasteiger partial charge in [-0.25, -0.2) is 9.78 Å². The summed E-state index contributed by atoms with van der Waals surface area (Å²) < 4.78 is 41.7. The van der Waals surface area contributed by atoms with E-state index in [0.717, 1.165) is 44.7 Å². The lowest BCUT2D eigenvalue weighted by Crippen LogP contribution is -2.34. The molecule has 15 heteroatoms. The van der Waals surface area contributed by atoms with Gasteiger partial charge >= 0.3 is 12.2 Å². The lowest BCUT2D eigenvalue weighted by atomic mass is 9.93. The topological polar surface area (TPSA) is 135 Å². The molecule has 0 bridgehead atoms. The number of pyridine rings is 2. The molecule has 0 aliphatic carbocycles. The highest BCUT2D eigenvalue weighted by molar-refractivity contribution is 8.16. The second-order valence-electron chi connectivity index (χ2n) is 13.1. The SMILES string of the molecule is CCCNC(=O)Nc1cc(C(=N)S/C=C(\C)C(F)(F)F)c(-c2ccc3c(c2)c(=O)c(C(=O)NCCN(C)C)cn3CCC2CCN(C)CC2)cn1. The van der Waals surface area contributed by atoms with Crippen LogP contribution in [0.15, 0.2) is 52.4 Å². The van der Waals surface area contributed by atoms with E-state index in [9.17, 15) is 27.6 Å². The Balaban J connectivity index is 1.79. The van der Waals surface area contributed by atoms with Gasteiger partial charge in [-0.15, -0.1) is 0 Å². The zero-order valence-electron chi connectivity index (χ0n) is 29.7. The molecule has 0 radical (unpaired) electrons. The number of anilines is 1. The first-order valence-electron chi connectivity index (χ1n) is 17.0. The van der Waals surface area contributed by atoms with Gasteiger partial charge < -0.3 is 25.0 Å². The molecular weight excluding hydrogens is 682 g/mol. The minimum absolute atomic E-state index is 0.00818. The molecule has 51 heavy (non-hydrogen) atoms. The minimum Gasteiger partial charge on any atom is -0.351 e. The van der Waals surface area contributed by atoms with Crippen molar-refractivity contribution in [2.24, 2.45) is 5.92 Å². The average Bonchev–Trinajstić information content (AvgIpc) is 3.09. The van der Waals surface area contributed by atoms with Crippen molar-refractivity contribution < 1.29 is 22.8 Å². The van der Waals surface area contributed by atoms with Crippen LogP contribution < -0.4 is 21.4 Å². The van der Waals surface area contributed by atoms with Crippen LogP contribution in [0.4, 0.5) is 23.8 Å². The van der Waals surface area contributed by atoms with Crippen LogP contribution in [0.5, 0.6) is 0 Å². The van der Waals surface area contributed by atoms with E-state index in [1.807, 2.05) is 30.5 Å². The van der Waals surface area contributed by atoms with Crippen LogP contribution in [0, 0.1) is 11.3 Å². The highest BCUT2D eigenvalue weighted by Crippen LogP contribution is 2.33. The third kappa shape index (κ3) is 10.9. The Morgan fingerprint density at radius 1 is 1.12 bits per heavy atom. The fraction of sp³-hybridized carbons (Fsp3) is 0.472. The first-order valence-corrected chi connectivity index (χ1v) is 17.9. The smallest absolute Gasteiger partial charge is 0.351 e. The number of thioether (sulfide) groups is 1. The number of amides is 3. The van der Waals surface area contributed by atoms with Gasteiger partial charge in [-0.05, 0) is 102 Å². The van der Waals surface area contributed by atoms with E-state index in [4.69, 9.17) is 5.41 Å². The minimum atomic E-state index is -4.56. The lowest BCUT2D eigenvalue weighted by Gasteiger charge is -2.29. The zero-order valence-corrected chi connectivity index (χ0v) is 30.6. The van der Waals surface area contributed by atoms with Gasteiger partial charge in [-0.1, -0.05) is 24.8 Å². The summed E-state index contributed by atoms with van der Waals surface area (Å²) in [6.45, 7) is 6.83. The van der Waals surface area contributed by atoms with Crippen molar-refractivity contribution in [1.82, 2.24) is 30.0 Å². The van der Waals surface area contributed by atoms with Gasteiger partial charge in [0.15, 0.2) is 0 Å². The van der Waals surface area contributed by atoms with Crippen molar-refractivity contribution in [3.8, 4) is 11.1 Å². The fourth-order valence-electron chi connectivity index (χ4n) is 5.69. The number of allylic oxidation sites excluding steroid dienone is 1. The summed E-state index contributed by atoms with van der Waals surface area (Å²) in [6.07, 6.45) is 2.21. The monoisotopic (exact) mass is 728 g/mol. The maximum atomic E-state index is 14.0. The number of aryl methyl sites for hydroxylation is 1. The normalized spacial score (nSPS) is 14.6. The molecule has 1 saturated heterocycles. The Kier molecular flexibility index (Phi) is 13.8. The van der Waals surface area contributed by atoms with E-state index in [1.54, 1.807) is 24.4 Å². The number of hydrogen-bond donors (Lipinski definition) is 4. The maximum Gasteiger partial charge on any atom is 0.412 e. The van der Waals surface area contributed by atoms with Crippen molar-refractivity contribution in [3.05, 3.63) is 69.0 Å². The molecule has 0 atom stereocenters. The summed E-state index contributed by atoms with van der Waals surface area (Å²) in [7, 11) is 5.89. The number of carbonyl (C=O) groups excluding carboxylic acids is 2. The summed E-state index contributed by atoms with van der Waals surface area (Å²) >= 11 is 0.580. The Hall–Kier alpha value is -4.21. The summed E-state index contributed by atoms with van der Waals surface area (Å²) in [5.41, 5.74) is 0.352. The number of halogens is 3. The average molecular weight is 729 g/mol. The molecule has 276 valence electrons. The molecule has 2 aromatic heterocycles. The predicted octanol–water partition coefficient (Wildman–Crippen LogP) is 6.14. The molecular formula is C36H47F3N8O3S. The first-order chi connectivity index (χ1) is 24.2. The van der Waals surface area contributed by atoms with Gasteiger partial charge in [0.1, 0.15) is 11.4 Å². The Labute approximate surface area is 300 Å². The summed E-state index contributed by atoms with van der Waals surface area (Å²) in [5, 5.41) is 17.8. The first kappa shape index (κ1) is 39.6. The van der Waals surface area contributed by atoms with Gasteiger partial charge in [0.25, 0.3) is 5.91 Å². The van der Waals surface area contributed by atoms with Crippen molar-refractivity contribution in [3.63, 3.8) is 0 Å². The molecule has 0 unspecified atom stereocenters. The van der Waals surface area contributed by atoms with Crippen LogP contribution in [0.25, 0.3) is 22.0 Å². The number of piperidine rings is 1. The Bertz CT molecular complexity index is 1820. The fourth-order valence-corrected chi connectivity index (χ4v) is 6.41. The number of nitrogens with zero attached hydrogens (tertiary/aromatic N) is 4. The molecule has 4 N–H and O–H groups in total. The van der Waals surface area contributed by atoms with Crippen LogP contribution >= 0.6 is 11.8 Å². The van der Waals surface area contributed by atoms with E-state index in [2.05, 4.69) is 32.9 Å². The second-order valence-corrected chi connectivity index (χ2v) is 14.0. The molecule has 4 rings (SSSR count). The van der Waals surface area contributed by atoms with E-state index in [1.165, 1.54) is 12.3 Å². The predicted molar refractivity (Wildman–Crippen MR) is 199 cm³/mol. The zero-order chi connectivity index (χ0) is 37.3. The van der Waals surface area contributed by atoms with Gasteiger partial charge in [0, 0.05) is 60.7 Å². The molecule has 1 aliphatic heterocycles. The molecule has 3 heterocycles. The van der Waals surface area contributed by atoms with Gasteiger partial charge in [0.05, 0.1) is 10.6 Å². The van der Waals surface area contributed by atoms with Crippen LogP contribution in [0.2, 0.25) is 0 Å². The number of carbonyl (C=O) groups is 2. The van der Waals surface area contributed by atoms with Crippen molar-refractivity contribution >= 4 is 45.5 Å². The van der Waals surface area contributed by atoms with Gasteiger partial charge in [-0.3, -0.25) is 20.3 Å². The van der Waals surface area contributed by atoms with Crippen molar-refractivity contribution in [2.45, 2.75) is 52.3 Å². The number of hydrogen-bond acceptors (Lipinski definition) is 8. The van der Waals surface area contributed by atoms with E-state index < -0.39 is 29.1 Å². The number of fused-ring (bicyclic) bond motifs is 1. The third-order valence-electron chi connectivity index (χ3n) is 8.82. The molecule has 11 nitrogen and oxygen atoms in total. The van der Waals surface area contributed by atoms with Gasteiger partial charge in [-0.2, -0.15) is 13.2 Å². The van der Waals surface area contributed by atoms with Crippen LogP contribution in [-0.2, 0) is 6.54 Å².